The lowest BCUT2D eigenvalue weighted by Gasteiger charge is -2.28. The van der Waals surface area contributed by atoms with Crippen molar-refractivity contribution in [3.8, 4) is 0 Å². The summed E-state index contributed by atoms with van der Waals surface area (Å²) < 4.78 is 35.5. The summed E-state index contributed by atoms with van der Waals surface area (Å²) in [4.78, 5) is 0.236. The van der Waals surface area contributed by atoms with Crippen molar-refractivity contribution in [2.75, 3.05) is 13.2 Å². The van der Waals surface area contributed by atoms with E-state index < -0.39 is 10.1 Å². The maximum absolute atomic E-state index is 12.2. The van der Waals surface area contributed by atoms with Gasteiger partial charge in [-0.3, -0.25) is 4.18 Å². The Kier molecular flexibility index (Phi) is 7.06. The van der Waals surface area contributed by atoms with E-state index in [1.165, 1.54) is 0 Å². The number of ether oxygens (including phenoxy) is 1. The van der Waals surface area contributed by atoms with Crippen molar-refractivity contribution in [1.82, 2.24) is 0 Å². The molecular formula is C18H28O4S. The van der Waals surface area contributed by atoms with Gasteiger partial charge in [-0.1, -0.05) is 31.0 Å². The molecule has 130 valence electrons. The van der Waals surface area contributed by atoms with Crippen LogP contribution in [0.3, 0.4) is 0 Å². The van der Waals surface area contributed by atoms with Crippen LogP contribution in [0.5, 0.6) is 0 Å². The Morgan fingerprint density at radius 2 is 1.74 bits per heavy atom. The normalized spacial score (nSPS) is 22.2. The van der Waals surface area contributed by atoms with Crippen LogP contribution < -0.4 is 0 Å². The molecule has 1 aliphatic rings. The van der Waals surface area contributed by atoms with Gasteiger partial charge in [0.15, 0.2) is 0 Å². The highest BCUT2D eigenvalue weighted by Crippen LogP contribution is 2.27. The molecule has 0 bridgehead atoms. The molecule has 23 heavy (non-hydrogen) atoms. The monoisotopic (exact) mass is 340 g/mol. The van der Waals surface area contributed by atoms with E-state index in [1.807, 2.05) is 6.92 Å². The molecule has 0 spiro atoms. The second-order valence-electron chi connectivity index (χ2n) is 6.42. The van der Waals surface area contributed by atoms with Gasteiger partial charge in [0.25, 0.3) is 10.1 Å². The molecule has 0 heterocycles. The van der Waals surface area contributed by atoms with Gasteiger partial charge in [0.2, 0.25) is 0 Å². The first-order chi connectivity index (χ1) is 11.0. The van der Waals surface area contributed by atoms with E-state index in [2.05, 4.69) is 6.92 Å². The molecule has 0 saturated heterocycles. The van der Waals surface area contributed by atoms with E-state index in [1.54, 1.807) is 24.3 Å². The first-order valence-corrected chi connectivity index (χ1v) is 10.00. The number of benzene rings is 1. The Morgan fingerprint density at radius 1 is 1.09 bits per heavy atom. The highest BCUT2D eigenvalue weighted by molar-refractivity contribution is 7.86. The fourth-order valence-corrected chi connectivity index (χ4v) is 3.80. The van der Waals surface area contributed by atoms with Crippen molar-refractivity contribution >= 4 is 10.1 Å². The maximum atomic E-state index is 12.2. The zero-order valence-corrected chi connectivity index (χ0v) is 15.0. The number of rotatable bonds is 8. The molecule has 0 atom stereocenters. The molecule has 0 radical (unpaired) electrons. The first kappa shape index (κ1) is 18.4. The topological polar surface area (TPSA) is 52.6 Å². The molecule has 1 aliphatic carbocycles. The van der Waals surface area contributed by atoms with Crippen LogP contribution in [-0.4, -0.2) is 27.7 Å². The summed E-state index contributed by atoms with van der Waals surface area (Å²) in [6.45, 7) is 5.20. The summed E-state index contributed by atoms with van der Waals surface area (Å²) in [5, 5.41) is 0. The summed E-state index contributed by atoms with van der Waals surface area (Å²) in [6.07, 6.45) is 6.55. The number of hydrogen-bond acceptors (Lipinski definition) is 4. The summed E-state index contributed by atoms with van der Waals surface area (Å²) in [6, 6.07) is 6.77. The van der Waals surface area contributed by atoms with Crippen molar-refractivity contribution in [3.63, 3.8) is 0 Å². The van der Waals surface area contributed by atoms with Gasteiger partial charge in [-0.05, 0) is 57.1 Å². The molecule has 1 aromatic rings. The Labute approximate surface area is 140 Å². The highest BCUT2D eigenvalue weighted by atomic mass is 32.2. The van der Waals surface area contributed by atoms with E-state index in [0.717, 1.165) is 50.7 Å². The van der Waals surface area contributed by atoms with E-state index >= 15 is 0 Å². The molecular weight excluding hydrogens is 312 g/mol. The number of unbranched alkanes of at least 4 members (excludes halogenated alkanes) is 1. The minimum absolute atomic E-state index is 0.236. The molecule has 0 aliphatic heterocycles. The molecule has 0 unspecified atom stereocenters. The summed E-state index contributed by atoms with van der Waals surface area (Å²) in [5.41, 5.74) is 1.03. The quantitative estimate of drug-likeness (QED) is 0.528. The van der Waals surface area contributed by atoms with Crippen molar-refractivity contribution in [2.45, 2.75) is 63.4 Å². The Morgan fingerprint density at radius 3 is 2.35 bits per heavy atom. The van der Waals surface area contributed by atoms with Crippen molar-refractivity contribution in [2.24, 2.45) is 5.92 Å². The maximum Gasteiger partial charge on any atom is 0.296 e. The van der Waals surface area contributed by atoms with Crippen LogP contribution in [0.1, 0.15) is 51.0 Å². The van der Waals surface area contributed by atoms with E-state index in [4.69, 9.17) is 8.92 Å². The van der Waals surface area contributed by atoms with Gasteiger partial charge in [0.05, 0.1) is 17.6 Å². The largest absolute Gasteiger partial charge is 0.378 e. The lowest BCUT2D eigenvalue weighted by atomic mass is 9.88. The van der Waals surface area contributed by atoms with Crippen LogP contribution in [-0.2, 0) is 19.0 Å². The van der Waals surface area contributed by atoms with Crippen molar-refractivity contribution in [3.05, 3.63) is 29.8 Å². The first-order valence-electron chi connectivity index (χ1n) is 8.59. The second-order valence-corrected chi connectivity index (χ2v) is 8.03. The SMILES string of the molecule is CCCCO[C@H]1CC[C@@H](COS(=O)(=O)c2ccc(C)cc2)CC1. The molecule has 0 aromatic heterocycles. The third-order valence-electron chi connectivity index (χ3n) is 4.41. The van der Waals surface area contributed by atoms with Gasteiger partial charge in [0.1, 0.15) is 0 Å². The van der Waals surface area contributed by atoms with Crippen LogP contribution >= 0.6 is 0 Å². The lowest BCUT2D eigenvalue weighted by Crippen LogP contribution is -2.25. The zero-order valence-electron chi connectivity index (χ0n) is 14.2. The fraction of sp³-hybridized carbons (Fsp3) is 0.667. The zero-order chi connectivity index (χ0) is 16.7. The fourth-order valence-electron chi connectivity index (χ4n) is 2.82. The third-order valence-corrected chi connectivity index (χ3v) is 5.71. The molecule has 4 nitrogen and oxygen atoms in total. The predicted octanol–water partition coefficient (Wildman–Crippen LogP) is 4.08. The van der Waals surface area contributed by atoms with E-state index in [0.29, 0.717) is 12.0 Å². The minimum Gasteiger partial charge on any atom is -0.378 e. The summed E-state index contributed by atoms with van der Waals surface area (Å²) >= 11 is 0. The molecule has 5 heteroatoms. The van der Waals surface area contributed by atoms with Crippen LogP contribution in [0.2, 0.25) is 0 Å². The van der Waals surface area contributed by atoms with Crippen molar-refractivity contribution in [1.29, 1.82) is 0 Å². The highest BCUT2D eigenvalue weighted by Gasteiger charge is 2.24. The van der Waals surface area contributed by atoms with E-state index in [-0.39, 0.29) is 11.5 Å². The molecule has 0 N–H and O–H groups in total. The molecule has 1 saturated carbocycles. The lowest BCUT2D eigenvalue weighted by molar-refractivity contribution is 0.0119. The Hall–Kier alpha value is -0.910. The smallest absolute Gasteiger partial charge is 0.296 e. The van der Waals surface area contributed by atoms with Crippen molar-refractivity contribution < 1.29 is 17.3 Å². The van der Waals surface area contributed by atoms with E-state index in [9.17, 15) is 8.42 Å². The van der Waals surface area contributed by atoms with Gasteiger partial charge >= 0.3 is 0 Å². The molecule has 0 amide bonds. The Bertz CT molecular complexity index is 557. The minimum atomic E-state index is -3.64. The van der Waals surface area contributed by atoms with Gasteiger partial charge in [-0.15, -0.1) is 0 Å². The van der Waals surface area contributed by atoms with Gasteiger partial charge in [-0.25, -0.2) is 0 Å². The average molecular weight is 340 g/mol. The van der Waals surface area contributed by atoms with Gasteiger partial charge in [0, 0.05) is 6.61 Å². The average Bonchev–Trinajstić information content (AvgIpc) is 2.55. The summed E-state index contributed by atoms with van der Waals surface area (Å²) in [5.74, 6) is 0.307. The van der Waals surface area contributed by atoms with Gasteiger partial charge in [-0.2, -0.15) is 8.42 Å². The summed E-state index contributed by atoms with van der Waals surface area (Å²) in [7, 11) is -3.64. The standard InChI is InChI=1S/C18H28O4S/c1-3-4-13-21-17-9-7-16(8-10-17)14-22-23(19,20)18-11-5-15(2)6-12-18/h5-6,11-12,16-17H,3-4,7-10,13-14H2,1-2H3/t16-,17+. The molecule has 2 rings (SSSR count). The Balaban J connectivity index is 1.75. The third kappa shape index (κ3) is 5.90. The van der Waals surface area contributed by atoms with Crippen LogP contribution in [0.4, 0.5) is 0 Å². The number of hydrogen-bond donors (Lipinski definition) is 0. The predicted molar refractivity (Wildman–Crippen MR) is 90.9 cm³/mol. The van der Waals surface area contributed by atoms with Crippen LogP contribution in [0.25, 0.3) is 0 Å². The van der Waals surface area contributed by atoms with Crippen LogP contribution in [0.15, 0.2) is 29.2 Å². The van der Waals surface area contributed by atoms with Gasteiger partial charge < -0.3 is 4.74 Å². The molecule has 1 aromatic carbocycles. The van der Waals surface area contributed by atoms with Crippen LogP contribution in [0, 0.1) is 12.8 Å². The molecule has 1 fully saturated rings. The number of aryl methyl sites for hydroxylation is 1. The second kappa shape index (κ2) is 8.81.